The zero-order chi connectivity index (χ0) is 14.9. The van der Waals surface area contributed by atoms with Gasteiger partial charge in [0.1, 0.15) is 5.69 Å². The summed E-state index contributed by atoms with van der Waals surface area (Å²) < 4.78 is 2.47. The van der Waals surface area contributed by atoms with Crippen molar-refractivity contribution in [2.45, 2.75) is 37.5 Å². The van der Waals surface area contributed by atoms with Crippen molar-refractivity contribution in [2.24, 2.45) is 7.05 Å². The van der Waals surface area contributed by atoms with Crippen molar-refractivity contribution in [1.29, 1.82) is 0 Å². The Labute approximate surface area is 133 Å². The van der Waals surface area contributed by atoms with E-state index >= 15 is 0 Å². The molecule has 0 bridgehead atoms. The summed E-state index contributed by atoms with van der Waals surface area (Å²) in [6.45, 7) is 0. The zero-order valence-electron chi connectivity index (χ0n) is 12.2. The second kappa shape index (κ2) is 5.76. The van der Waals surface area contributed by atoms with E-state index in [0.717, 1.165) is 35.7 Å². The fraction of sp³-hybridized carbons (Fsp3) is 0.412. The molecule has 3 nitrogen and oxygen atoms in total. The van der Waals surface area contributed by atoms with Crippen molar-refractivity contribution in [2.75, 3.05) is 0 Å². The maximum atomic E-state index is 13.3. The highest BCUT2D eigenvalue weighted by Gasteiger charge is 2.43. The lowest BCUT2D eigenvalue weighted by Crippen LogP contribution is -2.39. The average Bonchev–Trinajstić information content (AvgIpc) is 2.87. The van der Waals surface area contributed by atoms with Crippen LogP contribution in [0.3, 0.4) is 0 Å². The molecule has 1 aromatic carbocycles. The molecular formula is C17H19BrN2O. The van der Waals surface area contributed by atoms with Crippen LogP contribution < -0.4 is 0 Å². The van der Waals surface area contributed by atoms with Crippen LogP contribution in [-0.4, -0.2) is 15.6 Å². The van der Waals surface area contributed by atoms with Gasteiger partial charge in [0.15, 0.2) is 5.78 Å². The van der Waals surface area contributed by atoms with Crippen LogP contribution in [-0.2, 0) is 12.5 Å². The summed E-state index contributed by atoms with van der Waals surface area (Å²) in [6.07, 6.45) is 6.98. The standard InChI is InChI=1S/C17H19BrN2O/c1-20-15(14(18)12-19-20)16(21)17(10-6-3-7-11-17)13-8-4-2-5-9-13/h2,4-5,8-9,12H,3,6-7,10-11H2,1H3. The van der Waals surface area contributed by atoms with Gasteiger partial charge in [0.2, 0.25) is 0 Å². The van der Waals surface area contributed by atoms with E-state index in [1.165, 1.54) is 6.42 Å². The average molecular weight is 347 g/mol. The summed E-state index contributed by atoms with van der Waals surface area (Å²) in [5.41, 5.74) is 1.43. The summed E-state index contributed by atoms with van der Waals surface area (Å²) in [5.74, 6) is 0.195. The summed E-state index contributed by atoms with van der Waals surface area (Å²) in [7, 11) is 1.83. The number of hydrogen-bond acceptors (Lipinski definition) is 2. The number of benzene rings is 1. The van der Waals surface area contributed by atoms with Gasteiger partial charge in [-0.2, -0.15) is 5.10 Å². The molecule has 21 heavy (non-hydrogen) atoms. The molecule has 0 amide bonds. The van der Waals surface area contributed by atoms with Crippen LogP contribution in [0.1, 0.15) is 48.2 Å². The Kier molecular flexibility index (Phi) is 3.98. The second-order valence-electron chi connectivity index (χ2n) is 5.80. The number of rotatable bonds is 3. The smallest absolute Gasteiger partial charge is 0.192 e. The number of hydrogen-bond donors (Lipinski definition) is 0. The number of aryl methyl sites for hydroxylation is 1. The van der Waals surface area contributed by atoms with Gasteiger partial charge in [0, 0.05) is 7.05 Å². The molecule has 0 saturated heterocycles. The van der Waals surface area contributed by atoms with E-state index in [1.54, 1.807) is 10.9 Å². The lowest BCUT2D eigenvalue weighted by Gasteiger charge is -2.36. The van der Waals surface area contributed by atoms with E-state index in [4.69, 9.17) is 0 Å². The largest absolute Gasteiger partial charge is 0.291 e. The maximum absolute atomic E-state index is 13.3. The molecule has 1 aliphatic carbocycles. The molecular weight excluding hydrogens is 328 g/mol. The Morgan fingerprint density at radius 1 is 1.19 bits per heavy atom. The Morgan fingerprint density at radius 3 is 2.43 bits per heavy atom. The molecule has 1 heterocycles. The molecule has 1 saturated carbocycles. The minimum atomic E-state index is -0.393. The van der Waals surface area contributed by atoms with Crippen LogP contribution in [0, 0.1) is 0 Å². The number of aromatic nitrogens is 2. The first kappa shape index (κ1) is 14.5. The first-order valence-electron chi connectivity index (χ1n) is 7.43. The minimum Gasteiger partial charge on any atom is -0.291 e. The quantitative estimate of drug-likeness (QED) is 0.778. The fourth-order valence-corrected chi connectivity index (χ4v) is 3.98. The van der Waals surface area contributed by atoms with Crippen molar-refractivity contribution in [3.8, 4) is 0 Å². The molecule has 2 aromatic rings. The van der Waals surface area contributed by atoms with Crippen LogP contribution in [0.4, 0.5) is 0 Å². The number of nitrogens with zero attached hydrogens (tertiary/aromatic N) is 2. The Hall–Kier alpha value is -1.42. The van der Waals surface area contributed by atoms with Gasteiger partial charge in [-0.3, -0.25) is 9.48 Å². The van der Waals surface area contributed by atoms with Crippen molar-refractivity contribution >= 4 is 21.7 Å². The lowest BCUT2D eigenvalue weighted by atomic mass is 9.66. The van der Waals surface area contributed by atoms with E-state index < -0.39 is 5.41 Å². The Bertz CT molecular complexity index is 623. The summed E-state index contributed by atoms with van der Waals surface area (Å²) in [5, 5.41) is 4.21. The normalized spacial score (nSPS) is 17.6. The van der Waals surface area contributed by atoms with Gasteiger partial charge in [0.25, 0.3) is 0 Å². The Morgan fingerprint density at radius 2 is 1.86 bits per heavy atom. The maximum Gasteiger partial charge on any atom is 0.192 e. The molecule has 0 spiro atoms. The van der Waals surface area contributed by atoms with Gasteiger partial charge in [-0.1, -0.05) is 49.6 Å². The first-order valence-corrected chi connectivity index (χ1v) is 8.22. The van der Waals surface area contributed by atoms with E-state index in [9.17, 15) is 4.79 Å². The third-order valence-corrected chi connectivity index (χ3v) is 5.16. The highest BCUT2D eigenvalue weighted by molar-refractivity contribution is 9.10. The van der Waals surface area contributed by atoms with Gasteiger partial charge in [-0.25, -0.2) is 0 Å². The molecule has 1 aromatic heterocycles. The predicted octanol–water partition coefficient (Wildman–Crippen LogP) is 4.27. The molecule has 0 N–H and O–H groups in total. The van der Waals surface area contributed by atoms with Crippen molar-refractivity contribution in [1.82, 2.24) is 9.78 Å². The minimum absolute atomic E-state index is 0.195. The van der Waals surface area contributed by atoms with E-state index in [0.29, 0.717) is 5.69 Å². The van der Waals surface area contributed by atoms with Crippen LogP contribution >= 0.6 is 15.9 Å². The zero-order valence-corrected chi connectivity index (χ0v) is 13.8. The van der Waals surface area contributed by atoms with Crippen molar-refractivity contribution < 1.29 is 4.79 Å². The molecule has 1 fully saturated rings. The van der Waals surface area contributed by atoms with Gasteiger partial charge < -0.3 is 0 Å². The molecule has 110 valence electrons. The van der Waals surface area contributed by atoms with Crippen LogP contribution in [0.25, 0.3) is 0 Å². The lowest BCUT2D eigenvalue weighted by molar-refractivity contribution is 0.0828. The summed E-state index contributed by atoms with van der Waals surface area (Å²) in [6, 6.07) is 10.2. The molecule has 0 radical (unpaired) electrons. The van der Waals surface area contributed by atoms with E-state index in [-0.39, 0.29) is 5.78 Å². The monoisotopic (exact) mass is 346 g/mol. The van der Waals surface area contributed by atoms with Gasteiger partial charge in [-0.05, 0) is 34.3 Å². The van der Waals surface area contributed by atoms with E-state index in [1.807, 2.05) is 25.2 Å². The van der Waals surface area contributed by atoms with Gasteiger partial charge >= 0.3 is 0 Å². The molecule has 0 unspecified atom stereocenters. The molecule has 0 aliphatic heterocycles. The van der Waals surface area contributed by atoms with Crippen LogP contribution in [0.2, 0.25) is 0 Å². The van der Waals surface area contributed by atoms with Crippen molar-refractivity contribution in [3.63, 3.8) is 0 Å². The number of ketones is 1. The SMILES string of the molecule is Cn1ncc(Br)c1C(=O)C1(c2ccccc2)CCCCC1. The number of carbonyl (C=O) groups excluding carboxylic acids is 1. The molecule has 1 aliphatic rings. The number of Topliss-reactive ketones (excluding diaryl/α,β-unsaturated/α-hetero) is 1. The van der Waals surface area contributed by atoms with Crippen LogP contribution in [0.5, 0.6) is 0 Å². The molecule has 3 rings (SSSR count). The summed E-state index contributed by atoms with van der Waals surface area (Å²) in [4.78, 5) is 13.3. The van der Waals surface area contributed by atoms with Gasteiger partial charge in [0.05, 0.1) is 16.1 Å². The molecule has 0 atom stereocenters. The van der Waals surface area contributed by atoms with Gasteiger partial charge in [-0.15, -0.1) is 0 Å². The predicted molar refractivity (Wildman–Crippen MR) is 86.4 cm³/mol. The second-order valence-corrected chi connectivity index (χ2v) is 6.66. The van der Waals surface area contributed by atoms with E-state index in [2.05, 4.69) is 33.2 Å². The fourth-order valence-electron chi connectivity index (χ4n) is 3.45. The molecule has 4 heteroatoms. The third-order valence-electron chi connectivity index (χ3n) is 4.58. The summed E-state index contributed by atoms with van der Waals surface area (Å²) >= 11 is 3.48. The first-order chi connectivity index (χ1) is 10.1. The van der Waals surface area contributed by atoms with Crippen LogP contribution in [0.15, 0.2) is 41.0 Å². The highest BCUT2D eigenvalue weighted by Crippen LogP contribution is 2.42. The highest BCUT2D eigenvalue weighted by atomic mass is 79.9. The topological polar surface area (TPSA) is 34.9 Å². The third kappa shape index (κ3) is 2.46. The van der Waals surface area contributed by atoms with Crippen molar-refractivity contribution in [3.05, 3.63) is 52.3 Å². The Balaban J connectivity index is 2.10. The number of halogens is 1. The number of carbonyl (C=O) groups is 1.